The summed E-state index contributed by atoms with van der Waals surface area (Å²) in [5.74, 6) is 0. The van der Waals surface area contributed by atoms with E-state index in [1.807, 2.05) is 0 Å². The van der Waals surface area contributed by atoms with Crippen LogP contribution in [0.15, 0.2) is 30.3 Å². The molecule has 1 aliphatic carbocycles. The summed E-state index contributed by atoms with van der Waals surface area (Å²) in [6.07, 6.45) is 7.89. The van der Waals surface area contributed by atoms with Crippen LogP contribution in [0.5, 0.6) is 0 Å². The third kappa shape index (κ3) is 1.70. The van der Waals surface area contributed by atoms with Crippen LogP contribution in [0.1, 0.15) is 44.1 Å². The predicted molar refractivity (Wildman–Crippen MR) is 61.2 cm³/mol. The van der Waals surface area contributed by atoms with Crippen molar-refractivity contribution >= 4 is 0 Å². The fourth-order valence-corrected chi connectivity index (χ4v) is 2.70. The molecule has 1 radical (unpaired) electrons. The van der Waals surface area contributed by atoms with E-state index in [9.17, 15) is 0 Å². The topological polar surface area (TPSA) is 0 Å². The number of hydrogen-bond acceptors (Lipinski definition) is 0. The van der Waals surface area contributed by atoms with E-state index in [2.05, 4.69) is 37.3 Å². The first kappa shape index (κ1) is 9.76. The van der Waals surface area contributed by atoms with Crippen molar-refractivity contribution in [1.82, 2.24) is 0 Å². The van der Waals surface area contributed by atoms with Crippen LogP contribution in [0.4, 0.5) is 0 Å². The lowest BCUT2D eigenvalue weighted by molar-refractivity contribution is 0.294. The van der Waals surface area contributed by atoms with Crippen LogP contribution in [-0.2, 0) is 5.41 Å². The Labute approximate surface area is 87.3 Å². The smallest absolute Gasteiger partial charge is 0.00470 e. The van der Waals surface area contributed by atoms with Gasteiger partial charge in [0.2, 0.25) is 0 Å². The third-order valence-corrected chi connectivity index (χ3v) is 3.68. The van der Waals surface area contributed by atoms with Gasteiger partial charge in [-0.25, -0.2) is 0 Å². The average Bonchev–Trinajstić information content (AvgIpc) is 2.31. The Hall–Kier alpha value is -0.780. The summed E-state index contributed by atoms with van der Waals surface area (Å²) in [6, 6.07) is 11.0. The van der Waals surface area contributed by atoms with E-state index in [-0.39, 0.29) is 0 Å². The maximum atomic E-state index is 4.16. The largest absolute Gasteiger partial charge is 0.0622 e. The molecule has 0 heterocycles. The minimum Gasteiger partial charge on any atom is -0.0622 e. The molecule has 0 nitrogen and oxygen atoms in total. The van der Waals surface area contributed by atoms with Crippen molar-refractivity contribution in [2.75, 3.05) is 0 Å². The zero-order valence-electron chi connectivity index (χ0n) is 8.84. The lowest BCUT2D eigenvalue weighted by Gasteiger charge is -2.37. The van der Waals surface area contributed by atoms with Gasteiger partial charge in [0.05, 0.1) is 0 Å². The second-order valence-corrected chi connectivity index (χ2v) is 4.46. The lowest BCUT2D eigenvalue weighted by Crippen LogP contribution is -2.28. The fraction of sp³-hybridized carbons (Fsp3) is 0.500. The SMILES string of the molecule is [CH2]CC1(c2ccccc2)CCCCC1. The summed E-state index contributed by atoms with van der Waals surface area (Å²) >= 11 is 0. The van der Waals surface area contributed by atoms with Gasteiger partial charge < -0.3 is 0 Å². The second-order valence-electron chi connectivity index (χ2n) is 4.46. The van der Waals surface area contributed by atoms with Gasteiger partial charge in [0.15, 0.2) is 0 Å². The Kier molecular flexibility index (Phi) is 2.90. The van der Waals surface area contributed by atoms with Crippen LogP contribution in [0.3, 0.4) is 0 Å². The second kappa shape index (κ2) is 4.16. The van der Waals surface area contributed by atoms with E-state index in [0.717, 1.165) is 6.42 Å². The van der Waals surface area contributed by atoms with Gasteiger partial charge in [0, 0.05) is 0 Å². The predicted octanol–water partition coefficient (Wildman–Crippen LogP) is 4.11. The highest BCUT2D eigenvalue weighted by atomic mass is 14.4. The maximum absolute atomic E-state index is 4.16. The molecule has 1 aromatic carbocycles. The van der Waals surface area contributed by atoms with Crippen LogP contribution in [0.2, 0.25) is 0 Å². The molecule has 0 saturated heterocycles. The van der Waals surface area contributed by atoms with Gasteiger partial charge in [-0.1, -0.05) is 56.5 Å². The molecular formula is C14H19. The zero-order chi connectivity index (χ0) is 9.86. The van der Waals surface area contributed by atoms with Crippen LogP contribution < -0.4 is 0 Å². The Balaban J connectivity index is 2.27. The van der Waals surface area contributed by atoms with Crippen molar-refractivity contribution in [2.45, 2.75) is 43.9 Å². The average molecular weight is 187 g/mol. The molecule has 0 aliphatic heterocycles. The maximum Gasteiger partial charge on any atom is -0.00470 e. The van der Waals surface area contributed by atoms with E-state index >= 15 is 0 Å². The molecule has 0 aromatic heterocycles. The van der Waals surface area contributed by atoms with E-state index < -0.39 is 0 Å². The quantitative estimate of drug-likeness (QED) is 0.653. The highest BCUT2D eigenvalue weighted by Gasteiger charge is 2.31. The molecule has 0 unspecified atom stereocenters. The van der Waals surface area contributed by atoms with Gasteiger partial charge in [-0.15, -0.1) is 0 Å². The molecule has 14 heavy (non-hydrogen) atoms. The van der Waals surface area contributed by atoms with E-state index in [0.29, 0.717) is 5.41 Å². The summed E-state index contributed by atoms with van der Waals surface area (Å²) in [6.45, 7) is 4.16. The van der Waals surface area contributed by atoms with Gasteiger partial charge >= 0.3 is 0 Å². The summed E-state index contributed by atoms with van der Waals surface area (Å²) < 4.78 is 0. The van der Waals surface area contributed by atoms with E-state index in [4.69, 9.17) is 0 Å². The highest BCUT2D eigenvalue weighted by Crippen LogP contribution is 2.41. The Morgan fingerprint density at radius 2 is 1.64 bits per heavy atom. The summed E-state index contributed by atoms with van der Waals surface area (Å²) in [5, 5.41) is 0. The molecule has 0 amide bonds. The summed E-state index contributed by atoms with van der Waals surface area (Å²) in [4.78, 5) is 0. The first-order chi connectivity index (χ1) is 6.87. The van der Waals surface area contributed by atoms with Crippen LogP contribution in [-0.4, -0.2) is 0 Å². The van der Waals surface area contributed by atoms with Gasteiger partial charge in [0.25, 0.3) is 0 Å². The fourth-order valence-electron chi connectivity index (χ4n) is 2.70. The van der Waals surface area contributed by atoms with Crippen molar-refractivity contribution in [2.24, 2.45) is 0 Å². The van der Waals surface area contributed by atoms with Crippen LogP contribution >= 0.6 is 0 Å². The normalized spacial score (nSPS) is 20.6. The molecule has 0 bridgehead atoms. The molecule has 1 fully saturated rings. The molecule has 75 valence electrons. The van der Waals surface area contributed by atoms with Crippen LogP contribution in [0.25, 0.3) is 0 Å². The number of hydrogen-bond donors (Lipinski definition) is 0. The molecule has 1 aliphatic rings. The molecule has 0 spiro atoms. The van der Waals surface area contributed by atoms with Gasteiger partial charge in [-0.3, -0.25) is 0 Å². The van der Waals surface area contributed by atoms with Crippen molar-refractivity contribution in [1.29, 1.82) is 0 Å². The summed E-state index contributed by atoms with van der Waals surface area (Å²) in [5.41, 5.74) is 1.91. The zero-order valence-corrected chi connectivity index (χ0v) is 8.84. The molecule has 1 aromatic rings. The van der Waals surface area contributed by atoms with Gasteiger partial charge in [-0.05, 0) is 30.2 Å². The lowest BCUT2D eigenvalue weighted by atomic mass is 9.68. The van der Waals surface area contributed by atoms with Crippen molar-refractivity contribution < 1.29 is 0 Å². The highest BCUT2D eigenvalue weighted by molar-refractivity contribution is 5.26. The molecule has 0 atom stereocenters. The monoisotopic (exact) mass is 187 g/mol. The minimum absolute atomic E-state index is 0.402. The minimum atomic E-state index is 0.402. The molecule has 2 rings (SSSR count). The van der Waals surface area contributed by atoms with Crippen LogP contribution in [0, 0.1) is 6.92 Å². The van der Waals surface area contributed by atoms with Crippen molar-refractivity contribution in [3.8, 4) is 0 Å². The van der Waals surface area contributed by atoms with E-state index in [1.54, 1.807) is 0 Å². The summed E-state index contributed by atoms with van der Waals surface area (Å²) in [7, 11) is 0. The Bertz CT molecular complexity index is 267. The molecule has 0 N–H and O–H groups in total. The molecule has 1 saturated carbocycles. The third-order valence-electron chi connectivity index (χ3n) is 3.68. The number of benzene rings is 1. The van der Waals surface area contributed by atoms with Gasteiger partial charge in [0.1, 0.15) is 0 Å². The molecular weight excluding hydrogens is 168 g/mol. The standard InChI is InChI=1S/C14H19/c1-2-14(11-7-4-8-12-14)13-9-5-3-6-10-13/h3,5-6,9-10H,1-2,4,7-8,11-12H2. The van der Waals surface area contributed by atoms with Crippen molar-refractivity contribution in [3.63, 3.8) is 0 Å². The van der Waals surface area contributed by atoms with Gasteiger partial charge in [-0.2, -0.15) is 0 Å². The Morgan fingerprint density at radius 3 is 2.21 bits per heavy atom. The first-order valence-corrected chi connectivity index (χ1v) is 5.72. The first-order valence-electron chi connectivity index (χ1n) is 5.72. The Morgan fingerprint density at radius 1 is 1.00 bits per heavy atom. The van der Waals surface area contributed by atoms with E-state index in [1.165, 1.54) is 37.7 Å². The van der Waals surface area contributed by atoms with Crippen molar-refractivity contribution in [3.05, 3.63) is 42.8 Å². The number of rotatable bonds is 2. The molecule has 0 heteroatoms.